The first-order valence-electron chi connectivity index (χ1n) is 7.90. The molecule has 3 rings (SSSR count). The fraction of sp³-hybridized carbons (Fsp3) is 0.286. The number of Topliss-reactive ketones (excluding diaryl/α,β-unsaturated/α-hetero) is 1. The van der Waals surface area contributed by atoms with E-state index >= 15 is 0 Å². The molecule has 2 aromatic rings. The van der Waals surface area contributed by atoms with Crippen LogP contribution in [0.15, 0.2) is 60.7 Å². The van der Waals surface area contributed by atoms with Crippen LogP contribution in [0.25, 0.3) is 0 Å². The second kappa shape index (κ2) is 6.20. The third kappa shape index (κ3) is 2.35. The standard InChI is InChI=1S/C21H20O/c1-2-21(17-11-5-3-6-12-17,18-13-7-4-8-14-18)19-15-9-10-16-20(19)22/h1,3-8,11-14,19H,9-10,15-16H2. The fourth-order valence-corrected chi connectivity index (χ4v) is 3.68. The topological polar surface area (TPSA) is 17.1 Å². The zero-order chi connectivity index (χ0) is 15.4. The van der Waals surface area contributed by atoms with Crippen LogP contribution in [0.1, 0.15) is 36.8 Å². The number of hydrogen-bond donors (Lipinski definition) is 0. The molecule has 0 heterocycles. The summed E-state index contributed by atoms with van der Waals surface area (Å²) >= 11 is 0. The van der Waals surface area contributed by atoms with E-state index in [2.05, 4.69) is 30.2 Å². The van der Waals surface area contributed by atoms with Gasteiger partial charge in [-0.25, -0.2) is 0 Å². The number of ketones is 1. The number of rotatable bonds is 3. The predicted molar refractivity (Wildman–Crippen MR) is 89.5 cm³/mol. The van der Waals surface area contributed by atoms with Gasteiger partial charge in [0.1, 0.15) is 5.78 Å². The van der Waals surface area contributed by atoms with Crippen LogP contribution in [-0.2, 0) is 10.2 Å². The van der Waals surface area contributed by atoms with Gasteiger partial charge in [-0.15, -0.1) is 6.42 Å². The lowest BCUT2D eigenvalue weighted by Crippen LogP contribution is -2.41. The van der Waals surface area contributed by atoms with Gasteiger partial charge in [-0.2, -0.15) is 0 Å². The van der Waals surface area contributed by atoms with Crippen molar-refractivity contribution in [2.75, 3.05) is 0 Å². The number of carbonyl (C=O) groups is 1. The molecule has 1 unspecified atom stereocenters. The van der Waals surface area contributed by atoms with Crippen LogP contribution >= 0.6 is 0 Å². The van der Waals surface area contributed by atoms with Gasteiger partial charge in [0, 0.05) is 12.3 Å². The van der Waals surface area contributed by atoms with Crippen molar-refractivity contribution in [2.45, 2.75) is 31.1 Å². The van der Waals surface area contributed by atoms with Gasteiger partial charge >= 0.3 is 0 Å². The van der Waals surface area contributed by atoms with Crippen molar-refractivity contribution in [2.24, 2.45) is 5.92 Å². The van der Waals surface area contributed by atoms with Crippen LogP contribution in [0.5, 0.6) is 0 Å². The minimum absolute atomic E-state index is 0.129. The summed E-state index contributed by atoms with van der Waals surface area (Å²) < 4.78 is 0. The van der Waals surface area contributed by atoms with Gasteiger partial charge in [0.15, 0.2) is 0 Å². The van der Waals surface area contributed by atoms with Gasteiger partial charge in [0.2, 0.25) is 0 Å². The van der Waals surface area contributed by atoms with E-state index < -0.39 is 5.41 Å². The lowest BCUT2D eigenvalue weighted by atomic mass is 9.61. The first kappa shape index (κ1) is 14.6. The van der Waals surface area contributed by atoms with E-state index in [9.17, 15) is 4.79 Å². The molecule has 1 fully saturated rings. The summed E-state index contributed by atoms with van der Waals surface area (Å²) in [5.74, 6) is 3.20. The highest BCUT2D eigenvalue weighted by atomic mass is 16.1. The molecule has 0 N–H and O–H groups in total. The largest absolute Gasteiger partial charge is 0.299 e. The molecule has 1 aliphatic carbocycles. The Bertz CT molecular complexity index is 639. The van der Waals surface area contributed by atoms with Crippen molar-refractivity contribution in [3.05, 3.63) is 71.8 Å². The van der Waals surface area contributed by atoms with Crippen molar-refractivity contribution in [3.63, 3.8) is 0 Å². The number of benzene rings is 2. The molecule has 0 aliphatic heterocycles. The SMILES string of the molecule is C#CC(c1ccccc1)(c1ccccc1)C1CCCCC1=O. The van der Waals surface area contributed by atoms with Gasteiger partial charge in [-0.1, -0.05) is 73.0 Å². The van der Waals surface area contributed by atoms with Crippen LogP contribution in [-0.4, -0.2) is 5.78 Å². The number of carbonyl (C=O) groups excluding carboxylic acids is 1. The van der Waals surface area contributed by atoms with E-state index in [1.807, 2.05) is 36.4 Å². The maximum absolute atomic E-state index is 12.7. The lowest BCUT2D eigenvalue weighted by molar-refractivity contribution is -0.125. The monoisotopic (exact) mass is 288 g/mol. The molecule has 2 aromatic carbocycles. The molecule has 1 saturated carbocycles. The molecule has 0 saturated heterocycles. The third-order valence-corrected chi connectivity index (χ3v) is 4.76. The lowest BCUT2D eigenvalue weighted by Gasteiger charge is -2.39. The van der Waals surface area contributed by atoms with Crippen molar-refractivity contribution in [1.29, 1.82) is 0 Å². The Morgan fingerprint density at radius 3 is 1.91 bits per heavy atom. The molecule has 0 radical (unpaired) electrons. The van der Waals surface area contributed by atoms with E-state index in [0.29, 0.717) is 12.2 Å². The summed E-state index contributed by atoms with van der Waals surface area (Å²) in [6.07, 6.45) is 9.63. The van der Waals surface area contributed by atoms with Gasteiger partial charge in [-0.3, -0.25) is 4.79 Å². The summed E-state index contributed by atoms with van der Waals surface area (Å²) in [6.45, 7) is 0. The summed E-state index contributed by atoms with van der Waals surface area (Å²) in [5, 5.41) is 0. The second-order valence-electron chi connectivity index (χ2n) is 5.95. The van der Waals surface area contributed by atoms with Crippen molar-refractivity contribution in [1.82, 2.24) is 0 Å². The average Bonchev–Trinajstić information content (AvgIpc) is 2.59. The predicted octanol–water partition coefficient (Wildman–Crippen LogP) is 4.37. The van der Waals surface area contributed by atoms with E-state index in [1.165, 1.54) is 0 Å². The molecule has 1 nitrogen and oxygen atoms in total. The molecule has 0 amide bonds. The highest BCUT2D eigenvalue weighted by molar-refractivity contribution is 5.85. The Balaban J connectivity index is 2.21. The average molecular weight is 288 g/mol. The van der Waals surface area contributed by atoms with E-state index in [1.54, 1.807) is 0 Å². The van der Waals surface area contributed by atoms with Crippen LogP contribution in [0.3, 0.4) is 0 Å². The van der Waals surface area contributed by atoms with E-state index in [4.69, 9.17) is 6.42 Å². The number of terminal acetylenes is 1. The highest BCUT2D eigenvalue weighted by Gasteiger charge is 2.44. The molecule has 1 atom stereocenters. The summed E-state index contributed by atoms with van der Waals surface area (Å²) in [7, 11) is 0. The first-order chi connectivity index (χ1) is 10.8. The smallest absolute Gasteiger partial charge is 0.138 e. The van der Waals surface area contributed by atoms with E-state index in [-0.39, 0.29) is 5.92 Å². The summed E-state index contributed by atoms with van der Waals surface area (Å²) in [5.41, 5.74) is 1.44. The Labute approximate surface area is 132 Å². The fourth-order valence-electron chi connectivity index (χ4n) is 3.68. The van der Waals surface area contributed by atoms with Gasteiger partial charge in [-0.05, 0) is 24.0 Å². The second-order valence-corrected chi connectivity index (χ2v) is 5.95. The number of hydrogen-bond acceptors (Lipinski definition) is 1. The Morgan fingerprint density at radius 2 is 1.45 bits per heavy atom. The zero-order valence-corrected chi connectivity index (χ0v) is 12.7. The molecular weight excluding hydrogens is 268 g/mol. The minimum Gasteiger partial charge on any atom is -0.299 e. The Morgan fingerprint density at radius 1 is 0.909 bits per heavy atom. The molecule has 1 heteroatoms. The highest BCUT2D eigenvalue weighted by Crippen LogP contribution is 2.44. The quantitative estimate of drug-likeness (QED) is 0.767. The molecule has 22 heavy (non-hydrogen) atoms. The van der Waals surface area contributed by atoms with Gasteiger partial charge in [0.25, 0.3) is 0 Å². The molecule has 1 aliphatic rings. The Hall–Kier alpha value is -2.33. The molecule has 0 bridgehead atoms. The van der Waals surface area contributed by atoms with Crippen molar-refractivity contribution >= 4 is 5.78 Å². The normalized spacial score (nSPS) is 18.7. The third-order valence-electron chi connectivity index (χ3n) is 4.76. The molecule has 110 valence electrons. The van der Waals surface area contributed by atoms with Crippen LogP contribution < -0.4 is 0 Å². The maximum Gasteiger partial charge on any atom is 0.138 e. The molecule has 0 aromatic heterocycles. The van der Waals surface area contributed by atoms with E-state index in [0.717, 1.165) is 30.4 Å². The minimum atomic E-state index is -0.653. The van der Waals surface area contributed by atoms with Crippen molar-refractivity contribution in [3.8, 4) is 12.3 Å². The molecule has 0 spiro atoms. The van der Waals surface area contributed by atoms with Crippen LogP contribution in [0.4, 0.5) is 0 Å². The van der Waals surface area contributed by atoms with Gasteiger partial charge < -0.3 is 0 Å². The van der Waals surface area contributed by atoms with Gasteiger partial charge in [0.05, 0.1) is 5.41 Å². The molecular formula is C21H20O. The summed E-state index contributed by atoms with van der Waals surface area (Å²) in [4.78, 5) is 12.7. The zero-order valence-electron chi connectivity index (χ0n) is 12.7. The summed E-state index contributed by atoms with van der Waals surface area (Å²) in [6, 6.07) is 20.2. The Kier molecular flexibility index (Phi) is 4.11. The van der Waals surface area contributed by atoms with Crippen LogP contribution in [0, 0.1) is 18.3 Å². The van der Waals surface area contributed by atoms with Crippen molar-refractivity contribution < 1.29 is 4.79 Å². The van der Waals surface area contributed by atoms with Crippen LogP contribution in [0.2, 0.25) is 0 Å². The first-order valence-corrected chi connectivity index (χ1v) is 7.90. The maximum atomic E-state index is 12.7.